The molecule has 0 unspecified atom stereocenters. The Morgan fingerprint density at radius 1 is 1.11 bits per heavy atom. The van der Waals surface area contributed by atoms with Gasteiger partial charge in [-0.05, 0) is 30.7 Å². The van der Waals surface area contributed by atoms with Gasteiger partial charge in [-0.1, -0.05) is 30.3 Å². The summed E-state index contributed by atoms with van der Waals surface area (Å²) in [4.78, 5) is 28.5. The van der Waals surface area contributed by atoms with E-state index in [4.69, 9.17) is 0 Å². The largest absolute Gasteiger partial charge is 0.416 e. The minimum absolute atomic E-state index is 0.229. The highest BCUT2D eigenvalue weighted by molar-refractivity contribution is 5.91. The van der Waals surface area contributed by atoms with Crippen LogP contribution in [0.4, 0.5) is 18.9 Å². The maximum Gasteiger partial charge on any atom is 0.416 e. The lowest BCUT2D eigenvalue weighted by Crippen LogP contribution is -2.27. The molecule has 0 atom stereocenters. The first-order chi connectivity index (χ1) is 13.2. The summed E-state index contributed by atoms with van der Waals surface area (Å²) in [6.45, 7) is 1.62. The number of alkyl halides is 3. The summed E-state index contributed by atoms with van der Waals surface area (Å²) in [5.41, 5.74) is 0.882. The van der Waals surface area contributed by atoms with Gasteiger partial charge < -0.3 is 5.32 Å². The number of rotatable bonds is 4. The topological polar surface area (TPSA) is 64.0 Å². The first-order valence-electron chi connectivity index (χ1n) is 8.33. The number of nitrogens with one attached hydrogen (secondary N) is 1. The van der Waals surface area contributed by atoms with Gasteiger partial charge in [-0.2, -0.15) is 13.2 Å². The number of carbonyl (C=O) groups is 1. The minimum Gasteiger partial charge on any atom is -0.324 e. The van der Waals surface area contributed by atoms with Crippen LogP contribution in [0.3, 0.4) is 0 Å². The summed E-state index contributed by atoms with van der Waals surface area (Å²) in [6, 6.07) is 12.8. The van der Waals surface area contributed by atoms with Crippen molar-refractivity contribution in [3.05, 3.63) is 82.4 Å². The molecule has 3 rings (SSSR count). The van der Waals surface area contributed by atoms with Crippen molar-refractivity contribution in [2.24, 2.45) is 0 Å². The highest BCUT2D eigenvalue weighted by atomic mass is 19.4. The van der Waals surface area contributed by atoms with Crippen molar-refractivity contribution in [2.75, 3.05) is 5.32 Å². The molecule has 0 saturated carbocycles. The van der Waals surface area contributed by atoms with Gasteiger partial charge in [0.1, 0.15) is 6.54 Å². The standard InChI is InChI=1S/C20H16F3N3O2/c1-13-4-2-3-5-16(13)25-18(27)11-26-12-24-17(10-19(26)28)14-6-8-15(9-7-14)20(21,22)23/h2-10,12H,11H2,1H3,(H,25,27). The number of anilines is 1. The molecular weight excluding hydrogens is 371 g/mol. The molecule has 0 saturated heterocycles. The molecule has 5 nitrogen and oxygen atoms in total. The van der Waals surface area contributed by atoms with Crippen LogP contribution in [0.25, 0.3) is 11.3 Å². The van der Waals surface area contributed by atoms with E-state index >= 15 is 0 Å². The minimum atomic E-state index is -4.43. The summed E-state index contributed by atoms with van der Waals surface area (Å²) in [5, 5.41) is 2.72. The van der Waals surface area contributed by atoms with Crippen LogP contribution in [-0.2, 0) is 17.5 Å². The number of aryl methyl sites for hydroxylation is 1. The Morgan fingerprint density at radius 2 is 1.79 bits per heavy atom. The molecule has 0 radical (unpaired) electrons. The van der Waals surface area contributed by atoms with Gasteiger partial charge in [0.2, 0.25) is 5.91 Å². The first kappa shape index (κ1) is 19.3. The van der Waals surface area contributed by atoms with E-state index in [-0.39, 0.29) is 18.1 Å². The Hall–Kier alpha value is -3.42. The molecule has 0 fully saturated rings. The Bertz CT molecular complexity index is 1060. The quantitative estimate of drug-likeness (QED) is 0.739. The molecule has 1 amide bonds. The smallest absolute Gasteiger partial charge is 0.324 e. The molecule has 1 heterocycles. The number of aromatic nitrogens is 2. The average Bonchev–Trinajstić information content (AvgIpc) is 2.65. The zero-order valence-electron chi connectivity index (χ0n) is 14.8. The maximum absolute atomic E-state index is 12.6. The fourth-order valence-corrected chi connectivity index (χ4v) is 2.59. The SMILES string of the molecule is Cc1ccccc1NC(=O)Cn1cnc(-c2ccc(C(F)(F)F)cc2)cc1=O. The van der Waals surface area contributed by atoms with Gasteiger partial charge in [0, 0.05) is 17.3 Å². The van der Waals surface area contributed by atoms with E-state index in [2.05, 4.69) is 10.3 Å². The number of benzene rings is 2. The lowest BCUT2D eigenvalue weighted by Gasteiger charge is -2.10. The molecule has 28 heavy (non-hydrogen) atoms. The predicted octanol–water partition coefficient (Wildman–Crippen LogP) is 3.88. The first-order valence-corrected chi connectivity index (χ1v) is 8.33. The van der Waals surface area contributed by atoms with Crippen LogP contribution in [0, 0.1) is 6.92 Å². The van der Waals surface area contributed by atoms with E-state index in [0.29, 0.717) is 11.3 Å². The third-order valence-corrected chi connectivity index (χ3v) is 4.12. The molecule has 2 aromatic carbocycles. The van der Waals surface area contributed by atoms with Crippen molar-refractivity contribution < 1.29 is 18.0 Å². The number of carbonyl (C=O) groups excluding carboxylic acids is 1. The second kappa shape index (κ2) is 7.67. The molecular formula is C20H16F3N3O2. The van der Waals surface area contributed by atoms with Gasteiger partial charge in [0.05, 0.1) is 17.6 Å². The maximum atomic E-state index is 12.6. The Labute approximate surface area is 158 Å². The van der Waals surface area contributed by atoms with E-state index < -0.39 is 17.3 Å². The number of hydrogen-bond donors (Lipinski definition) is 1. The molecule has 3 aromatic rings. The summed E-state index contributed by atoms with van der Waals surface area (Å²) in [7, 11) is 0. The fourth-order valence-electron chi connectivity index (χ4n) is 2.59. The number of amides is 1. The molecule has 0 aliphatic rings. The van der Waals surface area contributed by atoms with Gasteiger partial charge in [-0.25, -0.2) is 4.98 Å². The van der Waals surface area contributed by atoms with Crippen LogP contribution >= 0.6 is 0 Å². The van der Waals surface area contributed by atoms with E-state index in [1.807, 2.05) is 19.1 Å². The normalized spacial score (nSPS) is 11.3. The summed E-state index contributed by atoms with van der Waals surface area (Å²) < 4.78 is 39.0. The third kappa shape index (κ3) is 4.46. The Morgan fingerprint density at radius 3 is 2.39 bits per heavy atom. The summed E-state index contributed by atoms with van der Waals surface area (Å²) in [5.74, 6) is -0.388. The molecule has 1 N–H and O–H groups in total. The number of para-hydroxylation sites is 1. The van der Waals surface area contributed by atoms with Crippen molar-refractivity contribution in [2.45, 2.75) is 19.6 Å². The second-order valence-corrected chi connectivity index (χ2v) is 6.18. The van der Waals surface area contributed by atoms with Crippen LogP contribution in [0.1, 0.15) is 11.1 Å². The second-order valence-electron chi connectivity index (χ2n) is 6.18. The fraction of sp³-hybridized carbons (Fsp3) is 0.150. The van der Waals surface area contributed by atoms with Crippen LogP contribution in [-0.4, -0.2) is 15.5 Å². The van der Waals surface area contributed by atoms with Crippen LogP contribution in [0.15, 0.2) is 65.7 Å². The van der Waals surface area contributed by atoms with Gasteiger partial charge in [-0.15, -0.1) is 0 Å². The highest BCUT2D eigenvalue weighted by Crippen LogP contribution is 2.30. The van der Waals surface area contributed by atoms with E-state index in [1.54, 1.807) is 12.1 Å². The molecule has 0 aliphatic carbocycles. The molecule has 0 aliphatic heterocycles. The van der Waals surface area contributed by atoms with Gasteiger partial charge in [0.15, 0.2) is 0 Å². The van der Waals surface area contributed by atoms with Crippen LogP contribution in [0.5, 0.6) is 0 Å². The molecule has 0 bridgehead atoms. The van der Waals surface area contributed by atoms with E-state index in [0.717, 1.165) is 22.3 Å². The number of hydrogen-bond acceptors (Lipinski definition) is 3. The van der Waals surface area contributed by atoms with Crippen molar-refractivity contribution in [1.29, 1.82) is 0 Å². The molecule has 0 spiro atoms. The Kier molecular flexibility index (Phi) is 5.30. The zero-order valence-corrected chi connectivity index (χ0v) is 14.8. The monoisotopic (exact) mass is 387 g/mol. The van der Waals surface area contributed by atoms with Crippen molar-refractivity contribution in [3.8, 4) is 11.3 Å². The number of nitrogens with zero attached hydrogens (tertiary/aromatic N) is 2. The number of halogens is 3. The molecule has 1 aromatic heterocycles. The van der Waals surface area contributed by atoms with Crippen molar-refractivity contribution in [1.82, 2.24) is 9.55 Å². The highest BCUT2D eigenvalue weighted by Gasteiger charge is 2.30. The third-order valence-electron chi connectivity index (χ3n) is 4.12. The zero-order chi connectivity index (χ0) is 20.3. The Balaban J connectivity index is 1.74. The predicted molar refractivity (Wildman–Crippen MR) is 98.7 cm³/mol. The van der Waals surface area contributed by atoms with Gasteiger partial charge in [-0.3, -0.25) is 14.2 Å². The van der Waals surface area contributed by atoms with Gasteiger partial charge >= 0.3 is 6.18 Å². The molecule has 144 valence electrons. The summed E-state index contributed by atoms with van der Waals surface area (Å²) >= 11 is 0. The van der Waals surface area contributed by atoms with Crippen molar-refractivity contribution in [3.63, 3.8) is 0 Å². The van der Waals surface area contributed by atoms with Crippen molar-refractivity contribution >= 4 is 11.6 Å². The summed E-state index contributed by atoms with van der Waals surface area (Å²) in [6.07, 6.45) is -3.23. The van der Waals surface area contributed by atoms with E-state index in [1.165, 1.54) is 24.5 Å². The van der Waals surface area contributed by atoms with Gasteiger partial charge in [0.25, 0.3) is 5.56 Å². The van der Waals surface area contributed by atoms with Crippen LogP contribution in [0.2, 0.25) is 0 Å². The lowest BCUT2D eigenvalue weighted by atomic mass is 10.1. The lowest BCUT2D eigenvalue weighted by molar-refractivity contribution is -0.137. The average molecular weight is 387 g/mol. The van der Waals surface area contributed by atoms with E-state index in [9.17, 15) is 22.8 Å². The molecule has 8 heteroatoms. The van der Waals surface area contributed by atoms with Crippen LogP contribution < -0.4 is 10.9 Å².